The van der Waals surface area contributed by atoms with E-state index in [-0.39, 0.29) is 0 Å². The summed E-state index contributed by atoms with van der Waals surface area (Å²) in [6.45, 7) is 0. The first-order valence-electron chi connectivity index (χ1n) is 6.18. The maximum atomic E-state index is 1.56. The molecule has 2 rings (SSSR count). The quantitative estimate of drug-likeness (QED) is 0.459. The summed E-state index contributed by atoms with van der Waals surface area (Å²) in [5.74, 6) is 1.15. The van der Waals surface area contributed by atoms with E-state index in [2.05, 4.69) is 0 Å². The largest absolute Gasteiger partial charge is 0.119 e. The molecule has 2 fully saturated rings. The molecule has 0 aromatic heterocycles. The van der Waals surface area contributed by atoms with Crippen molar-refractivity contribution in [1.82, 2.24) is 0 Å². The van der Waals surface area contributed by atoms with Crippen molar-refractivity contribution in [2.24, 2.45) is 5.92 Å². The lowest BCUT2D eigenvalue weighted by atomic mass is 9.82. The molecule has 1 heteroatoms. The fraction of sp³-hybridized carbons (Fsp3) is 1.00. The minimum absolute atomic E-state index is 1.15. The first kappa shape index (κ1) is 9.97. The van der Waals surface area contributed by atoms with Crippen molar-refractivity contribution in [2.75, 3.05) is 6.16 Å². The number of hydrogen-bond acceptors (Lipinski definition) is 0. The third-order valence-electron chi connectivity index (χ3n) is 3.80. The summed E-state index contributed by atoms with van der Waals surface area (Å²) in [7, 11) is 1.31. The zero-order chi connectivity index (χ0) is 8.93. The van der Waals surface area contributed by atoms with Crippen LogP contribution in [0.25, 0.3) is 0 Å². The summed E-state index contributed by atoms with van der Waals surface area (Å²) >= 11 is 0. The second kappa shape index (κ2) is 5.35. The molecular weight excluding hydrogens is 175 g/mol. The van der Waals surface area contributed by atoms with Crippen LogP contribution in [0.3, 0.4) is 0 Å². The predicted octanol–water partition coefficient (Wildman–Crippen LogP) is 4.19. The van der Waals surface area contributed by atoms with Crippen LogP contribution >= 0.6 is 8.58 Å². The highest BCUT2D eigenvalue weighted by Crippen LogP contribution is 2.36. The van der Waals surface area contributed by atoms with E-state index in [4.69, 9.17) is 0 Å². The average molecular weight is 198 g/mol. The minimum atomic E-state index is 1.15. The standard InChI is InChI=1S/C12H23P/c1-2-9-12(8-1)13-10-4-7-11-5-3-6-11/h11-13H,1-10H2. The Labute approximate surface area is 84.7 Å². The predicted molar refractivity (Wildman–Crippen MR) is 62.0 cm³/mol. The van der Waals surface area contributed by atoms with Gasteiger partial charge < -0.3 is 0 Å². The highest BCUT2D eigenvalue weighted by atomic mass is 31.1. The van der Waals surface area contributed by atoms with Gasteiger partial charge in [0.25, 0.3) is 0 Å². The van der Waals surface area contributed by atoms with Crippen molar-refractivity contribution in [3.63, 3.8) is 0 Å². The van der Waals surface area contributed by atoms with E-state index in [1.807, 2.05) is 0 Å². The van der Waals surface area contributed by atoms with Crippen LogP contribution in [0.15, 0.2) is 0 Å². The van der Waals surface area contributed by atoms with E-state index in [0.717, 1.165) is 11.6 Å². The molecule has 0 radical (unpaired) electrons. The van der Waals surface area contributed by atoms with Gasteiger partial charge in [-0.3, -0.25) is 0 Å². The van der Waals surface area contributed by atoms with Crippen molar-refractivity contribution in [3.8, 4) is 0 Å². The van der Waals surface area contributed by atoms with Gasteiger partial charge in [-0.1, -0.05) is 38.5 Å². The van der Waals surface area contributed by atoms with Crippen LogP contribution in [-0.4, -0.2) is 11.8 Å². The Bertz CT molecular complexity index is 134. The zero-order valence-electron chi connectivity index (χ0n) is 8.73. The highest BCUT2D eigenvalue weighted by Gasteiger charge is 2.17. The lowest BCUT2D eigenvalue weighted by molar-refractivity contribution is 0.294. The molecule has 1 atom stereocenters. The van der Waals surface area contributed by atoms with E-state index in [1.165, 1.54) is 27.8 Å². The van der Waals surface area contributed by atoms with Gasteiger partial charge in [0.05, 0.1) is 0 Å². The van der Waals surface area contributed by atoms with Crippen LogP contribution in [-0.2, 0) is 0 Å². The van der Waals surface area contributed by atoms with Gasteiger partial charge in [-0.2, -0.15) is 0 Å². The fourth-order valence-corrected chi connectivity index (χ4v) is 4.24. The van der Waals surface area contributed by atoms with E-state index < -0.39 is 0 Å². The Balaban J connectivity index is 1.43. The third kappa shape index (κ3) is 3.24. The van der Waals surface area contributed by atoms with Gasteiger partial charge in [0.1, 0.15) is 0 Å². The van der Waals surface area contributed by atoms with Crippen molar-refractivity contribution < 1.29 is 0 Å². The summed E-state index contributed by atoms with van der Waals surface area (Å²) in [5.41, 5.74) is 1.15. The molecule has 0 nitrogen and oxygen atoms in total. The van der Waals surface area contributed by atoms with Gasteiger partial charge in [0.15, 0.2) is 0 Å². The molecule has 0 heterocycles. The van der Waals surface area contributed by atoms with Crippen LogP contribution < -0.4 is 0 Å². The molecule has 0 aliphatic heterocycles. The van der Waals surface area contributed by atoms with E-state index in [1.54, 1.807) is 44.7 Å². The Morgan fingerprint density at radius 1 is 0.923 bits per heavy atom. The van der Waals surface area contributed by atoms with Crippen LogP contribution in [0, 0.1) is 5.92 Å². The van der Waals surface area contributed by atoms with Gasteiger partial charge in [-0.25, -0.2) is 0 Å². The van der Waals surface area contributed by atoms with Gasteiger partial charge in [-0.15, -0.1) is 8.58 Å². The molecule has 1 unspecified atom stereocenters. The van der Waals surface area contributed by atoms with Crippen molar-refractivity contribution in [2.45, 2.75) is 63.4 Å². The normalized spacial score (nSPS) is 25.8. The smallest absolute Gasteiger partial charge is 0.0237 e. The van der Waals surface area contributed by atoms with Gasteiger partial charge in [0.2, 0.25) is 0 Å². The summed E-state index contributed by atoms with van der Waals surface area (Å²) in [4.78, 5) is 0. The maximum Gasteiger partial charge on any atom is -0.0237 e. The van der Waals surface area contributed by atoms with Crippen LogP contribution in [0.1, 0.15) is 57.8 Å². The zero-order valence-corrected chi connectivity index (χ0v) is 9.73. The third-order valence-corrected chi connectivity index (χ3v) is 5.60. The molecule has 0 aromatic carbocycles. The highest BCUT2D eigenvalue weighted by molar-refractivity contribution is 7.38. The molecule has 2 aliphatic carbocycles. The van der Waals surface area contributed by atoms with E-state index >= 15 is 0 Å². The van der Waals surface area contributed by atoms with Gasteiger partial charge >= 0.3 is 0 Å². The second-order valence-corrected chi connectivity index (χ2v) is 6.60. The van der Waals surface area contributed by atoms with Crippen molar-refractivity contribution >= 4 is 8.58 Å². The molecule has 13 heavy (non-hydrogen) atoms. The van der Waals surface area contributed by atoms with E-state index in [0.29, 0.717) is 0 Å². The second-order valence-electron chi connectivity index (χ2n) is 4.87. The first-order valence-corrected chi connectivity index (χ1v) is 7.47. The summed E-state index contributed by atoms with van der Waals surface area (Å²) in [6.07, 6.45) is 15.4. The molecule has 0 bridgehead atoms. The first-order chi connectivity index (χ1) is 6.45. The Morgan fingerprint density at radius 2 is 1.69 bits per heavy atom. The molecule has 76 valence electrons. The summed E-state index contributed by atoms with van der Waals surface area (Å²) < 4.78 is 0. The fourth-order valence-electron chi connectivity index (χ4n) is 2.61. The SMILES string of the molecule is C(CPC1CCCC1)CC1CCC1. The number of rotatable bonds is 5. The van der Waals surface area contributed by atoms with Crippen molar-refractivity contribution in [3.05, 3.63) is 0 Å². The molecule has 0 saturated heterocycles. The molecule has 0 spiro atoms. The van der Waals surface area contributed by atoms with Gasteiger partial charge in [0, 0.05) is 0 Å². The summed E-state index contributed by atoms with van der Waals surface area (Å²) in [5, 5.41) is 0. The van der Waals surface area contributed by atoms with Crippen molar-refractivity contribution in [1.29, 1.82) is 0 Å². The van der Waals surface area contributed by atoms with Gasteiger partial charge in [-0.05, 0) is 37.0 Å². The average Bonchev–Trinajstić information content (AvgIpc) is 2.53. The molecule has 0 amide bonds. The van der Waals surface area contributed by atoms with Crippen LogP contribution in [0.5, 0.6) is 0 Å². The topological polar surface area (TPSA) is 0 Å². The Morgan fingerprint density at radius 3 is 2.31 bits per heavy atom. The molecular formula is C12H23P. The molecule has 2 saturated carbocycles. The number of hydrogen-bond donors (Lipinski definition) is 0. The summed E-state index contributed by atoms with van der Waals surface area (Å²) in [6, 6.07) is 0. The molecule has 0 N–H and O–H groups in total. The lowest BCUT2D eigenvalue weighted by Gasteiger charge is -2.25. The van der Waals surface area contributed by atoms with Crippen LogP contribution in [0.4, 0.5) is 0 Å². The monoisotopic (exact) mass is 198 g/mol. The Hall–Kier alpha value is 0.430. The minimum Gasteiger partial charge on any atom is -0.119 e. The van der Waals surface area contributed by atoms with E-state index in [9.17, 15) is 0 Å². The lowest BCUT2D eigenvalue weighted by Crippen LogP contribution is -2.10. The Kier molecular flexibility index (Phi) is 4.10. The molecule has 0 aromatic rings. The maximum absolute atomic E-state index is 1.56. The molecule has 2 aliphatic rings. The van der Waals surface area contributed by atoms with Crippen LogP contribution in [0.2, 0.25) is 0 Å².